The van der Waals surface area contributed by atoms with Crippen LogP contribution in [0.15, 0.2) is 48.7 Å². The van der Waals surface area contributed by atoms with Gasteiger partial charge in [-0.2, -0.15) is 0 Å². The molecule has 0 unspecified atom stereocenters. The number of likely N-dealkylation sites (tertiary alicyclic amines) is 1. The first-order chi connectivity index (χ1) is 12.1. The summed E-state index contributed by atoms with van der Waals surface area (Å²) < 4.78 is 19.2. The molecule has 0 bridgehead atoms. The van der Waals surface area contributed by atoms with Crippen LogP contribution in [0.4, 0.5) is 4.39 Å². The predicted molar refractivity (Wildman–Crippen MR) is 92.1 cm³/mol. The van der Waals surface area contributed by atoms with E-state index in [4.69, 9.17) is 4.74 Å². The largest absolute Gasteiger partial charge is 0.370 e. The molecule has 5 nitrogen and oxygen atoms in total. The fourth-order valence-corrected chi connectivity index (χ4v) is 2.73. The molecule has 0 atom stereocenters. The molecule has 1 aromatic heterocycles. The highest BCUT2D eigenvalue weighted by atomic mass is 19.1. The Kier molecular flexibility index (Phi) is 5.73. The van der Waals surface area contributed by atoms with Gasteiger partial charge >= 0.3 is 0 Å². The predicted octanol–water partition coefficient (Wildman–Crippen LogP) is 2.08. The quantitative estimate of drug-likeness (QED) is 0.772. The standard InChI is InChI=1S/C19H22FN3O2/c1-22(10-16-7-4-5-9-21-16)13-19(24)23-11-17(12-23)25-14-15-6-2-3-8-18(15)20/h2-9,17H,10-14H2,1H3. The van der Waals surface area contributed by atoms with E-state index in [-0.39, 0.29) is 24.4 Å². The molecule has 1 aliphatic heterocycles. The van der Waals surface area contributed by atoms with Crippen LogP contribution in [0.1, 0.15) is 11.3 Å². The fourth-order valence-electron chi connectivity index (χ4n) is 2.73. The van der Waals surface area contributed by atoms with Gasteiger partial charge in [0, 0.05) is 31.4 Å². The van der Waals surface area contributed by atoms with Gasteiger partial charge in [-0.15, -0.1) is 0 Å². The highest BCUT2D eigenvalue weighted by Gasteiger charge is 2.31. The van der Waals surface area contributed by atoms with Crippen molar-refractivity contribution < 1.29 is 13.9 Å². The molecule has 0 spiro atoms. The van der Waals surface area contributed by atoms with Crippen LogP contribution in [0.5, 0.6) is 0 Å². The molecule has 1 aliphatic rings. The number of amides is 1. The van der Waals surface area contributed by atoms with Crippen LogP contribution in [0, 0.1) is 5.82 Å². The van der Waals surface area contributed by atoms with Gasteiger partial charge in [0.25, 0.3) is 0 Å². The lowest BCUT2D eigenvalue weighted by atomic mass is 10.1. The Morgan fingerprint density at radius 2 is 2.04 bits per heavy atom. The minimum absolute atomic E-state index is 0.0235. The van der Waals surface area contributed by atoms with E-state index in [1.807, 2.05) is 30.1 Å². The third kappa shape index (κ3) is 4.84. The molecule has 1 saturated heterocycles. The van der Waals surface area contributed by atoms with Gasteiger partial charge in [-0.3, -0.25) is 14.7 Å². The average molecular weight is 343 g/mol. The number of carbonyl (C=O) groups excluding carboxylic acids is 1. The Balaban J connectivity index is 1.37. The zero-order chi connectivity index (χ0) is 17.6. The van der Waals surface area contributed by atoms with Gasteiger partial charge in [0.05, 0.1) is 24.9 Å². The zero-order valence-corrected chi connectivity index (χ0v) is 14.3. The zero-order valence-electron chi connectivity index (χ0n) is 14.3. The molecule has 1 aromatic carbocycles. The SMILES string of the molecule is CN(CC(=O)N1CC(OCc2ccccc2F)C1)Cc1ccccn1. The van der Waals surface area contributed by atoms with Gasteiger partial charge in [-0.25, -0.2) is 4.39 Å². The Hall–Kier alpha value is -2.31. The van der Waals surface area contributed by atoms with E-state index in [2.05, 4.69) is 4.98 Å². The highest BCUT2D eigenvalue weighted by Crippen LogP contribution is 2.16. The summed E-state index contributed by atoms with van der Waals surface area (Å²) in [5.74, 6) is -0.185. The second-order valence-corrected chi connectivity index (χ2v) is 6.32. The fraction of sp³-hybridized carbons (Fsp3) is 0.368. The lowest BCUT2D eigenvalue weighted by Crippen LogP contribution is -2.56. The smallest absolute Gasteiger partial charge is 0.236 e. The molecule has 0 aliphatic carbocycles. The van der Waals surface area contributed by atoms with Crippen molar-refractivity contribution in [1.82, 2.24) is 14.8 Å². The molecule has 1 amide bonds. The van der Waals surface area contributed by atoms with Crippen LogP contribution < -0.4 is 0 Å². The minimum atomic E-state index is -0.258. The number of carbonyl (C=O) groups is 1. The first-order valence-electron chi connectivity index (χ1n) is 8.33. The van der Waals surface area contributed by atoms with Crippen molar-refractivity contribution in [3.8, 4) is 0 Å². The second kappa shape index (κ2) is 8.18. The number of benzene rings is 1. The van der Waals surface area contributed by atoms with Gasteiger partial charge in [0.15, 0.2) is 0 Å². The summed E-state index contributed by atoms with van der Waals surface area (Å²) in [5, 5.41) is 0. The maximum Gasteiger partial charge on any atom is 0.236 e. The van der Waals surface area contributed by atoms with Gasteiger partial charge in [-0.1, -0.05) is 24.3 Å². The molecular weight excluding hydrogens is 321 g/mol. The van der Waals surface area contributed by atoms with E-state index in [9.17, 15) is 9.18 Å². The number of halogens is 1. The monoisotopic (exact) mass is 343 g/mol. The molecule has 25 heavy (non-hydrogen) atoms. The third-order valence-electron chi connectivity index (χ3n) is 4.20. The summed E-state index contributed by atoms with van der Waals surface area (Å²) in [5.41, 5.74) is 1.48. The number of likely N-dealkylation sites (N-methyl/N-ethyl adjacent to an activating group) is 1. The molecule has 2 heterocycles. The molecule has 0 N–H and O–H groups in total. The third-order valence-corrected chi connectivity index (χ3v) is 4.20. The number of aromatic nitrogens is 1. The van der Waals surface area contributed by atoms with Crippen LogP contribution in [-0.4, -0.2) is 53.5 Å². The van der Waals surface area contributed by atoms with E-state index in [0.717, 1.165) is 5.69 Å². The van der Waals surface area contributed by atoms with E-state index in [0.29, 0.717) is 31.7 Å². The summed E-state index contributed by atoms with van der Waals surface area (Å²) >= 11 is 0. The number of ether oxygens (including phenoxy) is 1. The summed E-state index contributed by atoms with van der Waals surface area (Å²) in [6, 6.07) is 12.3. The summed E-state index contributed by atoms with van der Waals surface area (Å²) in [6.07, 6.45) is 1.72. The van der Waals surface area contributed by atoms with Crippen LogP contribution >= 0.6 is 0 Å². The molecule has 3 rings (SSSR count). The molecule has 2 aromatic rings. The molecule has 132 valence electrons. The average Bonchev–Trinajstić information content (AvgIpc) is 2.55. The molecule has 6 heteroatoms. The van der Waals surface area contributed by atoms with Crippen molar-refractivity contribution in [2.45, 2.75) is 19.3 Å². The summed E-state index contributed by atoms with van der Waals surface area (Å²) in [6.45, 7) is 2.33. The number of nitrogens with zero attached hydrogens (tertiary/aromatic N) is 3. The number of hydrogen-bond donors (Lipinski definition) is 0. The Morgan fingerprint density at radius 1 is 1.28 bits per heavy atom. The number of pyridine rings is 1. The van der Waals surface area contributed by atoms with Crippen LogP contribution in [0.2, 0.25) is 0 Å². The Bertz CT molecular complexity index is 705. The van der Waals surface area contributed by atoms with Crippen LogP contribution in [0.3, 0.4) is 0 Å². The lowest BCUT2D eigenvalue weighted by Gasteiger charge is -2.39. The summed E-state index contributed by atoms with van der Waals surface area (Å²) in [7, 11) is 1.90. The first-order valence-corrected chi connectivity index (χ1v) is 8.33. The summed E-state index contributed by atoms with van der Waals surface area (Å²) in [4.78, 5) is 20.2. The second-order valence-electron chi connectivity index (χ2n) is 6.32. The topological polar surface area (TPSA) is 45.7 Å². The van der Waals surface area contributed by atoms with Crippen molar-refractivity contribution >= 4 is 5.91 Å². The normalized spacial score (nSPS) is 14.6. The van der Waals surface area contributed by atoms with Crippen molar-refractivity contribution in [2.24, 2.45) is 0 Å². The molecule has 0 saturated carbocycles. The van der Waals surface area contributed by atoms with Crippen molar-refractivity contribution in [3.63, 3.8) is 0 Å². The minimum Gasteiger partial charge on any atom is -0.370 e. The first kappa shape index (κ1) is 17.5. The van der Waals surface area contributed by atoms with Gasteiger partial charge < -0.3 is 9.64 Å². The van der Waals surface area contributed by atoms with Crippen LogP contribution in [0.25, 0.3) is 0 Å². The van der Waals surface area contributed by atoms with Gasteiger partial charge in [-0.05, 0) is 25.2 Å². The van der Waals surface area contributed by atoms with E-state index in [1.165, 1.54) is 6.07 Å². The van der Waals surface area contributed by atoms with Gasteiger partial charge in [0.1, 0.15) is 5.82 Å². The molecular formula is C19H22FN3O2. The number of hydrogen-bond acceptors (Lipinski definition) is 4. The Morgan fingerprint density at radius 3 is 2.76 bits per heavy atom. The van der Waals surface area contributed by atoms with Crippen molar-refractivity contribution in [3.05, 3.63) is 65.7 Å². The Labute approximate surface area is 147 Å². The molecule has 0 radical (unpaired) electrons. The van der Waals surface area contributed by atoms with E-state index < -0.39 is 0 Å². The maximum absolute atomic E-state index is 13.5. The molecule has 1 fully saturated rings. The van der Waals surface area contributed by atoms with Gasteiger partial charge in [0.2, 0.25) is 5.91 Å². The number of rotatable bonds is 7. The van der Waals surface area contributed by atoms with E-state index >= 15 is 0 Å². The van der Waals surface area contributed by atoms with Crippen molar-refractivity contribution in [2.75, 3.05) is 26.7 Å². The lowest BCUT2D eigenvalue weighted by molar-refractivity contribution is -0.146. The van der Waals surface area contributed by atoms with Crippen molar-refractivity contribution in [1.29, 1.82) is 0 Å². The van der Waals surface area contributed by atoms with Crippen LogP contribution in [-0.2, 0) is 22.7 Å². The highest BCUT2D eigenvalue weighted by molar-refractivity contribution is 5.79. The maximum atomic E-state index is 13.5. The van der Waals surface area contributed by atoms with E-state index in [1.54, 1.807) is 29.3 Å².